The summed E-state index contributed by atoms with van der Waals surface area (Å²) in [4.78, 5) is 45.0. The number of nitrogens with one attached hydrogen (secondary N) is 2. The molecule has 2 rings (SSSR count). The lowest BCUT2D eigenvalue weighted by atomic mass is 10.0. The van der Waals surface area contributed by atoms with Crippen LogP contribution in [0, 0.1) is 29.6 Å². The molecule has 2 saturated heterocycles. The van der Waals surface area contributed by atoms with Crippen molar-refractivity contribution >= 4 is 17.5 Å². The van der Waals surface area contributed by atoms with Crippen molar-refractivity contribution in [2.24, 2.45) is 35.3 Å². The van der Waals surface area contributed by atoms with Crippen molar-refractivity contribution in [3.8, 4) is 0 Å². The average Bonchev–Trinajstić information content (AvgIpc) is 0.912. The Morgan fingerprint density at radius 3 is 1.20 bits per heavy atom. The first-order chi connectivity index (χ1) is 48.5. The number of ketones is 2. The van der Waals surface area contributed by atoms with Crippen LogP contribution < -0.4 is 16.4 Å². The van der Waals surface area contributed by atoms with Crippen molar-refractivity contribution in [2.75, 3.05) is 118 Å². The SMILES string of the molecule is C.C.C.C.C=CC(=O)CCCC(=O)CC(C)C.CC.CC.CC.CC.CC.CC.CC.CC.CC.CC(C)CCCN1CCCCC1.CC(C)CCCNCCO.CC(C)CNC(C)C.CC(C)N1CCN(CCN)CC1.CCCC(C)C.CCCN(CCO)C(C)C.COC(=O)CCN(C(C)C)C(C)C. The van der Waals surface area contributed by atoms with Crippen molar-refractivity contribution in [3.63, 3.8) is 0 Å². The van der Waals surface area contributed by atoms with Crippen LogP contribution in [0.15, 0.2) is 12.7 Å². The number of esters is 1. The first kappa shape index (κ1) is 153. The van der Waals surface area contributed by atoms with Gasteiger partial charge in [-0.15, -0.1) is 0 Å². The predicted octanol–water partition coefficient (Wildman–Crippen LogP) is 25.0. The van der Waals surface area contributed by atoms with Gasteiger partial charge in [0.25, 0.3) is 0 Å². The molecule has 0 amide bonds. The molecular formula is C92H222N8O6. The number of methoxy groups -OCH3 is 1. The molecule has 106 heavy (non-hydrogen) atoms. The number of nitrogens with two attached hydrogens (primary N) is 1. The van der Waals surface area contributed by atoms with Crippen LogP contribution in [0.25, 0.3) is 0 Å². The molecule has 0 radical (unpaired) electrons. The van der Waals surface area contributed by atoms with Gasteiger partial charge in [-0.25, -0.2) is 0 Å². The number of rotatable bonds is 35. The summed E-state index contributed by atoms with van der Waals surface area (Å²) in [6.07, 6.45) is 17.5. The minimum atomic E-state index is -0.133. The van der Waals surface area contributed by atoms with Crippen LogP contribution in [0.3, 0.4) is 0 Å². The summed E-state index contributed by atoms with van der Waals surface area (Å²) < 4.78 is 4.59. The first-order valence-electron chi connectivity index (χ1n) is 43.2. The number of allylic oxidation sites excluding steroid dienone is 1. The Morgan fingerprint density at radius 1 is 0.481 bits per heavy atom. The molecule has 0 aromatic carbocycles. The molecule has 0 saturated carbocycles. The van der Waals surface area contributed by atoms with E-state index in [2.05, 4.69) is 185 Å². The van der Waals surface area contributed by atoms with Crippen LogP contribution in [0.2, 0.25) is 0 Å². The van der Waals surface area contributed by atoms with Crippen LogP contribution in [0.1, 0.15) is 403 Å². The van der Waals surface area contributed by atoms with Gasteiger partial charge in [-0.3, -0.25) is 34.0 Å². The lowest BCUT2D eigenvalue weighted by Crippen LogP contribution is -2.49. The molecule has 0 bridgehead atoms. The average molecular weight is 1540 g/mol. The largest absolute Gasteiger partial charge is 0.469 e. The molecule has 6 N–H and O–H groups in total. The second kappa shape index (κ2) is 139. The molecule has 0 unspecified atom stereocenters. The number of nitrogens with zero attached hydrogens (tertiary/aromatic N) is 5. The Balaban J connectivity index is -0.0000000465. The fourth-order valence-electron chi connectivity index (χ4n) is 9.08. The number of carbonyl (C=O) groups excluding carboxylic acids is 3. The zero-order valence-electron chi connectivity index (χ0n) is 78.5. The molecular weight excluding hydrogens is 1310 g/mol. The zero-order chi connectivity index (χ0) is 83.8. The first-order valence-corrected chi connectivity index (χ1v) is 43.2. The minimum absolute atomic E-state index is 0. The van der Waals surface area contributed by atoms with E-state index in [1.807, 2.05) is 138 Å². The Morgan fingerprint density at radius 2 is 0.906 bits per heavy atom. The highest BCUT2D eigenvalue weighted by Crippen LogP contribution is 2.12. The molecule has 0 spiro atoms. The van der Waals surface area contributed by atoms with Gasteiger partial charge in [0.1, 0.15) is 5.78 Å². The van der Waals surface area contributed by atoms with E-state index in [1.165, 1.54) is 117 Å². The normalized spacial score (nSPS) is 11.4. The minimum Gasteiger partial charge on any atom is -0.469 e. The molecule has 0 aromatic heterocycles. The van der Waals surface area contributed by atoms with E-state index in [4.69, 9.17) is 15.9 Å². The highest BCUT2D eigenvalue weighted by Gasteiger charge is 2.18. The predicted molar refractivity (Wildman–Crippen MR) is 499 cm³/mol. The Kier molecular flexibility index (Phi) is 200. The van der Waals surface area contributed by atoms with E-state index in [1.54, 1.807) is 0 Å². The van der Waals surface area contributed by atoms with E-state index >= 15 is 0 Å². The van der Waals surface area contributed by atoms with E-state index < -0.39 is 0 Å². The third kappa shape index (κ3) is 159. The number of piperazine rings is 1. The second-order valence-electron chi connectivity index (χ2n) is 26.6. The van der Waals surface area contributed by atoms with Gasteiger partial charge in [0.2, 0.25) is 0 Å². The van der Waals surface area contributed by atoms with E-state index in [0.717, 1.165) is 82.5 Å². The smallest absolute Gasteiger partial charge is 0.306 e. The van der Waals surface area contributed by atoms with Crippen molar-refractivity contribution in [2.45, 2.75) is 433 Å². The maximum Gasteiger partial charge on any atom is 0.306 e. The van der Waals surface area contributed by atoms with Crippen LogP contribution in [-0.4, -0.2) is 201 Å². The highest BCUT2D eigenvalue weighted by atomic mass is 16.5. The molecule has 2 aliphatic rings. The van der Waals surface area contributed by atoms with Crippen LogP contribution in [0.5, 0.6) is 0 Å². The number of carbonyl (C=O) groups is 3. The van der Waals surface area contributed by atoms with Gasteiger partial charge >= 0.3 is 5.97 Å². The maximum absolute atomic E-state index is 11.2. The van der Waals surface area contributed by atoms with Crippen molar-refractivity contribution in [1.82, 2.24) is 35.1 Å². The standard InChI is InChI=1S/C11H23N.C11H18O2.C10H21NO2.C9H21N3.2C8H19NO.C7H17N.C6H14.9C2H6.4CH4/c1-11(2)7-6-10-12-8-4-3-5-9-12;1-4-10(12)6-5-7-11(13)8-9(2)3;1-8(2)11(9(3)4)7-6-10(12)13-5;1-9(2)12-7-5-11(4-3-10)6-8-12;1-8(2)4-3-5-9-6-7-10;1-4-5-9(6-7-10)8(2)3;1-6(2)5-8-7(3)4;1-4-5-6(2)3;9*1-2;;;;/h11H,3-10H2,1-2H3;4,9H,1,5-8H2,2-3H3;8-9H,6-7H2,1-5H3;9H,3-8,10H2,1-2H3;8-10H,3-7H2,1-2H3;8,10H,4-7H2,1-3H3;6-8H,5H2,1-4H3;6H,4-5H2,1-3H3;9*1-2H3;4*1H4. The summed E-state index contributed by atoms with van der Waals surface area (Å²) in [5, 5.41) is 23.6. The molecule has 0 aliphatic carbocycles. The summed E-state index contributed by atoms with van der Waals surface area (Å²) in [6, 6.07) is 2.85. The number of aliphatic hydroxyl groups is 2. The summed E-state index contributed by atoms with van der Waals surface area (Å²) in [6.45, 7) is 104. The highest BCUT2D eigenvalue weighted by molar-refractivity contribution is 5.89. The maximum atomic E-state index is 11.2. The van der Waals surface area contributed by atoms with E-state index in [0.29, 0.717) is 68.2 Å². The van der Waals surface area contributed by atoms with Gasteiger partial charge in [0.15, 0.2) is 5.78 Å². The van der Waals surface area contributed by atoms with Gasteiger partial charge < -0.3 is 36.2 Å². The van der Waals surface area contributed by atoms with Gasteiger partial charge in [0.05, 0.1) is 26.7 Å². The quantitative estimate of drug-likeness (QED) is 0.0231. The summed E-state index contributed by atoms with van der Waals surface area (Å²) in [5.41, 5.74) is 5.50. The molecule has 0 atom stereocenters. The van der Waals surface area contributed by atoms with Gasteiger partial charge in [0, 0.05) is 108 Å². The third-order valence-electron chi connectivity index (χ3n) is 14.0. The molecule has 666 valence electrons. The number of hydrogen-bond donors (Lipinski definition) is 5. The number of hydrogen-bond acceptors (Lipinski definition) is 14. The van der Waals surface area contributed by atoms with Gasteiger partial charge in [-0.05, 0) is 182 Å². The number of ether oxygens (including phenoxy) is 1. The van der Waals surface area contributed by atoms with Gasteiger partial charge in [-0.1, -0.05) is 277 Å². The summed E-state index contributed by atoms with van der Waals surface area (Å²) in [7, 11) is 1.43. The molecule has 14 heteroatoms. The van der Waals surface area contributed by atoms with Crippen molar-refractivity contribution < 1.29 is 29.3 Å². The van der Waals surface area contributed by atoms with Crippen LogP contribution in [0.4, 0.5) is 0 Å². The lowest BCUT2D eigenvalue weighted by molar-refractivity contribution is -0.141. The fraction of sp³-hybridized carbons (Fsp3) is 0.946. The Labute approximate surface area is 678 Å². The molecule has 2 fully saturated rings. The summed E-state index contributed by atoms with van der Waals surface area (Å²) in [5.74, 6) is 3.93. The topological polar surface area (TPSA) is 167 Å². The summed E-state index contributed by atoms with van der Waals surface area (Å²) >= 11 is 0. The number of Topliss-reactive ketones (excluding diaryl/α,β-unsaturated/α-hetero) is 1. The zero-order valence-corrected chi connectivity index (χ0v) is 78.5. The van der Waals surface area contributed by atoms with Crippen molar-refractivity contribution in [1.29, 1.82) is 0 Å². The number of piperidine rings is 1. The number of likely N-dealkylation sites (tertiary alicyclic amines) is 1. The third-order valence-corrected chi connectivity index (χ3v) is 14.0. The van der Waals surface area contributed by atoms with E-state index in [9.17, 15) is 14.4 Å². The van der Waals surface area contributed by atoms with E-state index in [-0.39, 0.29) is 60.5 Å². The molecule has 2 aliphatic heterocycles. The Hall–Kier alpha value is -1.85. The molecule has 0 aromatic rings. The second-order valence-corrected chi connectivity index (χ2v) is 26.6. The van der Waals surface area contributed by atoms with Gasteiger partial charge in [-0.2, -0.15) is 0 Å². The Bertz CT molecular complexity index is 1340. The monoisotopic (exact) mass is 1540 g/mol. The lowest BCUT2D eigenvalue weighted by Gasteiger charge is -2.36. The van der Waals surface area contributed by atoms with Crippen LogP contribution in [-0.2, 0) is 19.1 Å². The fourth-order valence-corrected chi connectivity index (χ4v) is 9.08. The molecule has 14 nitrogen and oxygen atoms in total. The number of aliphatic hydroxyl groups excluding tert-OH is 2. The van der Waals surface area contributed by atoms with Crippen LogP contribution >= 0.6 is 0 Å². The molecule has 2 heterocycles. The van der Waals surface area contributed by atoms with Crippen molar-refractivity contribution in [3.05, 3.63) is 12.7 Å².